The molecule has 300 valence electrons. The summed E-state index contributed by atoms with van der Waals surface area (Å²) in [5.41, 5.74) is -6.89. The Labute approximate surface area is 315 Å². The number of hydrogen-bond acceptors (Lipinski definition) is 6. The number of phenols is 2. The Morgan fingerprint density at radius 2 is 1.09 bits per heavy atom. The number of hydrogen-bond donors (Lipinski definition) is 6. The first-order valence-electron chi connectivity index (χ1n) is 17.2. The zero-order chi connectivity index (χ0) is 41.5. The average Bonchev–Trinajstić information content (AvgIpc) is 3.68. The van der Waals surface area contributed by atoms with E-state index in [-0.39, 0.29) is 34.0 Å². The first-order chi connectivity index (χ1) is 25.8. The molecule has 0 amide bonds. The van der Waals surface area contributed by atoms with E-state index in [2.05, 4.69) is 19.9 Å². The molecule has 2 aromatic carbocycles. The van der Waals surface area contributed by atoms with Gasteiger partial charge in [0.25, 0.3) is 0 Å². The van der Waals surface area contributed by atoms with E-state index in [4.69, 9.17) is 0 Å². The molecule has 0 saturated heterocycles. The summed E-state index contributed by atoms with van der Waals surface area (Å²) in [4.78, 5) is 13.7. The summed E-state index contributed by atoms with van der Waals surface area (Å²) in [6, 6.07) is 14.1. The fourth-order valence-corrected chi connectivity index (χ4v) is 7.14. The van der Waals surface area contributed by atoms with Gasteiger partial charge in [-0.3, -0.25) is 9.97 Å². The fraction of sp³-hybridized carbons (Fsp3) is 0.350. The van der Waals surface area contributed by atoms with E-state index < -0.39 is 71.7 Å². The first kappa shape index (κ1) is 41.9. The van der Waals surface area contributed by atoms with E-state index in [1.807, 2.05) is 0 Å². The lowest BCUT2D eigenvalue weighted by molar-refractivity contribution is -0.266. The summed E-state index contributed by atoms with van der Waals surface area (Å²) >= 11 is 0. The van der Waals surface area contributed by atoms with Gasteiger partial charge in [0.15, 0.2) is 11.2 Å². The topological polar surface area (TPSA) is 138 Å². The van der Waals surface area contributed by atoms with Crippen LogP contribution in [0, 0.1) is 11.6 Å². The highest BCUT2D eigenvalue weighted by molar-refractivity contribution is 5.79. The van der Waals surface area contributed by atoms with Gasteiger partial charge >= 0.3 is 12.4 Å². The molecule has 56 heavy (non-hydrogen) atoms. The molecule has 2 atom stereocenters. The van der Waals surface area contributed by atoms with Crippen LogP contribution in [-0.4, -0.2) is 63.9 Å². The highest BCUT2D eigenvalue weighted by Gasteiger charge is 2.57. The number of aliphatic hydroxyl groups is 2. The first-order valence-corrected chi connectivity index (χ1v) is 17.2. The second-order valence-electron chi connectivity index (χ2n) is 15.3. The van der Waals surface area contributed by atoms with Crippen LogP contribution in [0.25, 0.3) is 21.9 Å². The number of benzene rings is 2. The maximum absolute atomic E-state index is 13.9. The van der Waals surface area contributed by atoms with Crippen LogP contribution in [-0.2, 0) is 23.7 Å². The summed E-state index contributed by atoms with van der Waals surface area (Å²) in [6.07, 6.45) is -8.34. The monoisotopic (exact) mass is 792 g/mol. The molecule has 6 N–H and O–H groups in total. The standard InChI is InChI=1S/2C20H20F4N2O2/c1-18(2,15-8-13(21)3-4-17(15)27)11-19(28,20(22,23)24)9-14-7-12-10-25-6-5-16(12)26-14;1-18(2,14-8-12(21)5-6-17(14)27)11-19(28,20(22,23)24)10-13-9-16-15(26-13)4-3-7-25-16/h3-8,10,26-28H,9,11H2,1-2H3;3-9,26-28H,10-11H2,1-2H3. The number of nitrogens with zero attached hydrogens (tertiary/aromatic N) is 2. The number of nitrogens with one attached hydrogen (secondary N) is 2. The Balaban J connectivity index is 0.000000214. The Kier molecular flexibility index (Phi) is 11.3. The number of alkyl halides is 6. The zero-order valence-electron chi connectivity index (χ0n) is 30.6. The lowest BCUT2D eigenvalue weighted by Gasteiger charge is -2.38. The van der Waals surface area contributed by atoms with Crippen molar-refractivity contribution in [3.63, 3.8) is 0 Å². The zero-order valence-corrected chi connectivity index (χ0v) is 30.6. The minimum atomic E-state index is -4.95. The second-order valence-corrected chi connectivity index (χ2v) is 15.3. The van der Waals surface area contributed by atoms with Crippen LogP contribution in [0.15, 0.2) is 85.3 Å². The summed E-state index contributed by atoms with van der Waals surface area (Å²) in [5, 5.41) is 41.9. The highest BCUT2D eigenvalue weighted by Crippen LogP contribution is 2.46. The molecule has 0 aliphatic heterocycles. The van der Waals surface area contributed by atoms with Crippen molar-refractivity contribution in [1.29, 1.82) is 0 Å². The molecule has 0 spiro atoms. The molecule has 0 aliphatic carbocycles. The predicted molar refractivity (Wildman–Crippen MR) is 193 cm³/mol. The quantitative estimate of drug-likeness (QED) is 0.0766. The fourth-order valence-electron chi connectivity index (χ4n) is 7.14. The minimum Gasteiger partial charge on any atom is -0.508 e. The maximum atomic E-state index is 13.9. The Hall–Kier alpha value is -5.22. The van der Waals surface area contributed by atoms with E-state index >= 15 is 0 Å². The van der Waals surface area contributed by atoms with Gasteiger partial charge in [0, 0.05) is 64.8 Å². The summed E-state index contributed by atoms with van der Waals surface area (Å²) in [7, 11) is 0. The van der Waals surface area contributed by atoms with Crippen molar-refractivity contribution in [2.75, 3.05) is 0 Å². The molecule has 0 aliphatic rings. The molecule has 8 nitrogen and oxygen atoms in total. The highest BCUT2D eigenvalue weighted by atomic mass is 19.4. The SMILES string of the molecule is CC(C)(CC(O)(Cc1cc2cnccc2[nH]1)C(F)(F)F)c1cc(F)ccc1O.CC(C)(CC(O)(Cc1cc2ncccc2[nH]1)C(F)(F)F)c1cc(F)ccc1O. The molecular weight excluding hydrogens is 752 g/mol. The number of halogens is 8. The van der Waals surface area contributed by atoms with Gasteiger partial charge in [-0.1, -0.05) is 27.7 Å². The van der Waals surface area contributed by atoms with Crippen LogP contribution in [0.5, 0.6) is 11.5 Å². The average molecular weight is 793 g/mol. The molecule has 0 bridgehead atoms. The molecule has 0 fully saturated rings. The lowest BCUT2D eigenvalue weighted by Crippen LogP contribution is -2.50. The molecular formula is C40H40F8N4O4. The maximum Gasteiger partial charge on any atom is 0.417 e. The number of phenolic OH excluding ortho intramolecular Hbond substituents is 2. The number of H-pyrrole nitrogens is 2. The van der Waals surface area contributed by atoms with Gasteiger partial charge in [0.05, 0.1) is 11.0 Å². The third-order valence-electron chi connectivity index (χ3n) is 9.79. The van der Waals surface area contributed by atoms with E-state index in [0.717, 1.165) is 36.4 Å². The summed E-state index contributed by atoms with van der Waals surface area (Å²) in [6.45, 7) is 5.69. The van der Waals surface area contributed by atoms with Crippen LogP contribution >= 0.6 is 0 Å². The molecule has 16 heteroatoms. The Morgan fingerprint density at radius 3 is 1.55 bits per heavy atom. The van der Waals surface area contributed by atoms with Crippen molar-refractivity contribution in [3.8, 4) is 11.5 Å². The van der Waals surface area contributed by atoms with Crippen molar-refractivity contribution in [3.05, 3.63) is 119 Å². The Bertz CT molecular complexity index is 2090. The van der Waals surface area contributed by atoms with E-state index in [1.165, 1.54) is 58.4 Å². The molecule has 4 aromatic heterocycles. The summed E-state index contributed by atoms with van der Waals surface area (Å²) in [5.74, 6) is -2.02. The second kappa shape index (κ2) is 15.0. The number of aromatic amines is 2. The van der Waals surface area contributed by atoms with Crippen molar-refractivity contribution in [2.45, 2.75) is 87.8 Å². The van der Waals surface area contributed by atoms with Gasteiger partial charge in [-0.2, -0.15) is 26.3 Å². The number of fused-ring (bicyclic) bond motifs is 2. The third kappa shape index (κ3) is 9.07. The molecule has 4 heterocycles. The van der Waals surface area contributed by atoms with Crippen LogP contribution in [0.2, 0.25) is 0 Å². The van der Waals surface area contributed by atoms with Crippen LogP contribution in [0.1, 0.15) is 63.1 Å². The molecule has 0 radical (unpaired) electrons. The normalized spacial score (nSPS) is 15.0. The molecule has 0 saturated carbocycles. The number of pyridine rings is 2. The lowest BCUT2D eigenvalue weighted by atomic mass is 9.73. The number of aromatic hydroxyl groups is 2. The smallest absolute Gasteiger partial charge is 0.417 e. The largest absolute Gasteiger partial charge is 0.508 e. The van der Waals surface area contributed by atoms with Crippen molar-refractivity contribution >= 4 is 21.9 Å². The minimum absolute atomic E-state index is 0.00368. The molecule has 2 unspecified atom stereocenters. The van der Waals surface area contributed by atoms with E-state index in [1.54, 1.807) is 18.2 Å². The molecule has 6 rings (SSSR count). The molecule has 6 aromatic rings. The van der Waals surface area contributed by atoms with Crippen molar-refractivity contribution in [1.82, 2.24) is 19.9 Å². The predicted octanol–water partition coefficient (Wildman–Crippen LogP) is 9.22. The van der Waals surface area contributed by atoms with Crippen LogP contribution < -0.4 is 0 Å². The van der Waals surface area contributed by atoms with Gasteiger partial charge in [-0.25, -0.2) is 8.78 Å². The van der Waals surface area contributed by atoms with E-state index in [9.17, 15) is 55.5 Å². The van der Waals surface area contributed by atoms with Gasteiger partial charge in [-0.05, 0) is 90.4 Å². The van der Waals surface area contributed by atoms with E-state index in [0.29, 0.717) is 21.9 Å². The van der Waals surface area contributed by atoms with Crippen LogP contribution in [0.4, 0.5) is 35.1 Å². The Morgan fingerprint density at radius 1 is 0.607 bits per heavy atom. The van der Waals surface area contributed by atoms with Crippen molar-refractivity contribution in [2.24, 2.45) is 0 Å². The number of aromatic nitrogens is 4. The van der Waals surface area contributed by atoms with Gasteiger partial charge in [-0.15, -0.1) is 0 Å². The van der Waals surface area contributed by atoms with Gasteiger partial charge < -0.3 is 30.4 Å². The van der Waals surface area contributed by atoms with Crippen LogP contribution in [0.3, 0.4) is 0 Å². The van der Waals surface area contributed by atoms with Gasteiger partial charge in [0.1, 0.15) is 23.1 Å². The van der Waals surface area contributed by atoms with Crippen molar-refractivity contribution < 1.29 is 55.5 Å². The summed E-state index contributed by atoms with van der Waals surface area (Å²) < 4.78 is 110. The van der Waals surface area contributed by atoms with Gasteiger partial charge in [0.2, 0.25) is 0 Å². The number of rotatable bonds is 10. The third-order valence-corrected chi connectivity index (χ3v) is 9.79.